The first kappa shape index (κ1) is 16.8. The summed E-state index contributed by atoms with van der Waals surface area (Å²) >= 11 is 0. The number of carboxylic acids is 2. The lowest BCUT2D eigenvalue weighted by molar-refractivity contribution is -0.147. The molecule has 19 heavy (non-hydrogen) atoms. The SMILES string of the molecule is CC(N)C(=O)NC(C)C(=O)NC(CC(=O)O)C(=O)O. The average Bonchev–Trinajstić information content (AvgIpc) is 2.26. The minimum absolute atomic E-state index is 0.576. The molecule has 9 heteroatoms. The third-order valence-corrected chi connectivity index (χ3v) is 2.16. The van der Waals surface area contributed by atoms with Crippen LogP contribution in [-0.2, 0) is 19.2 Å². The fraction of sp³-hybridized carbons (Fsp3) is 0.600. The first-order chi connectivity index (χ1) is 8.65. The van der Waals surface area contributed by atoms with Crippen LogP contribution in [0.3, 0.4) is 0 Å². The topological polar surface area (TPSA) is 159 Å². The van der Waals surface area contributed by atoms with Gasteiger partial charge in [-0.05, 0) is 13.8 Å². The molecule has 0 aromatic carbocycles. The highest BCUT2D eigenvalue weighted by Gasteiger charge is 2.26. The summed E-state index contributed by atoms with van der Waals surface area (Å²) in [6.45, 7) is 2.75. The maximum Gasteiger partial charge on any atom is 0.326 e. The fourth-order valence-corrected chi connectivity index (χ4v) is 1.08. The van der Waals surface area contributed by atoms with Crippen molar-refractivity contribution < 1.29 is 29.4 Å². The minimum Gasteiger partial charge on any atom is -0.481 e. The van der Waals surface area contributed by atoms with E-state index in [2.05, 4.69) is 5.32 Å². The van der Waals surface area contributed by atoms with Gasteiger partial charge in [-0.1, -0.05) is 0 Å². The Morgan fingerprint density at radius 3 is 1.95 bits per heavy atom. The van der Waals surface area contributed by atoms with Crippen LogP contribution >= 0.6 is 0 Å². The molecule has 0 aliphatic rings. The van der Waals surface area contributed by atoms with E-state index in [1.165, 1.54) is 13.8 Å². The number of carbonyl (C=O) groups is 4. The highest BCUT2D eigenvalue weighted by atomic mass is 16.4. The third kappa shape index (κ3) is 6.36. The zero-order valence-corrected chi connectivity index (χ0v) is 10.5. The Hall–Kier alpha value is -2.16. The predicted octanol–water partition coefficient (Wildman–Crippen LogP) is -2.12. The molecule has 0 aromatic rings. The maximum absolute atomic E-state index is 11.6. The van der Waals surface area contributed by atoms with Gasteiger partial charge < -0.3 is 26.6 Å². The molecule has 0 aliphatic heterocycles. The van der Waals surface area contributed by atoms with Crippen LogP contribution in [0, 0.1) is 0 Å². The van der Waals surface area contributed by atoms with Crippen LogP contribution in [0.1, 0.15) is 20.3 Å². The van der Waals surface area contributed by atoms with Gasteiger partial charge in [0.25, 0.3) is 0 Å². The Kier molecular flexibility index (Phi) is 6.48. The highest BCUT2D eigenvalue weighted by molar-refractivity contribution is 5.92. The Balaban J connectivity index is 4.51. The lowest BCUT2D eigenvalue weighted by Gasteiger charge is -2.18. The summed E-state index contributed by atoms with van der Waals surface area (Å²) < 4.78 is 0. The molecular formula is C10H17N3O6. The van der Waals surface area contributed by atoms with Crippen molar-refractivity contribution >= 4 is 23.8 Å². The van der Waals surface area contributed by atoms with Gasteiger partial charge in [0, 0.05) is 0 Å². The zero-order valence-electron chi connectivity index (χ0n) is 10.5. The lowest BCUT2D eigenvalue weighted by Crippen LogP contribution is -2.53. The molecule has 0 bridgehead atoms. The molecule has 3 atom stereocenters. The highest BCUT2D eigenvalue weighted by Crippen LogP contribution is 1.95. The Labute approximate surface area is 109 Å². The van der Waals surface area contributed by atoms with Gasteiger partial charge in [-0.3, -0.25) is 14.4 Å². The second kappa shape index (κ2) is 7.31. The van der Waals surface area contributed by atoms with Gasteiger partial charge in [0.05, 0.1) is 12.5 Å². The van der Waals surface area contributed by atoms with Crippen molar-refractivity contribution in [2.75, 3.05) is 0 Å². The van der Waals surface area contributed by atoms with E-state index in [1.807, 2.05) is 5.32 Å². The first-order valence-corrected chi connectivity index (χ1v) is 5.46. The molecule has 0 saturated heterocycles. The van der Waals surface area contributed by atoms with E-state index in [0.29, 0.717) is 0 Å². The molecule has 6 N–H and O–H groups in total. The van der Waals surface area contributed by atoms with Gasteiger partial charge in [-0.15, -0.1) is 0 Å². The zero-order chi connectivity index (χ0) is 15.2. The second-order valence-corrected chi connectivity index (χ2v) is 4.02. The van der Waals surface area contributed by atoms with E-state index in [0.717, 1.165) is 0 Å². The summed E-state index contributed by atoms with van der Waals surface area (Å²) in [6, 6.07) is -3.39. The van der Waals surface area contributed by atoms with Gasteiger partial charge in [-0.2, -0.15) is 0 Å². The lowest BCUT2D eigenvalue weighted by atomic mass is 10.2. The number of carbonyl (C=O) groups excluding carboxylic acids is 2. The number of hydrogen-bond acceptors (Lipinski definition) is 5. The van der Waals surface area contributed by atoms with Gasteiger partial charge in [-0.25, -0.2) is 4.79 Å². The van der Waals surface area contributed by atoms with Crippen molar-refractivity contribution in [3.05, 3.63) is 0 Å². The van der Waals surface area contributed by atoms with Crippen LogP contribution in [0.2, 0.25) is 0 Å². The van der Waals surface area contributed by atoms with E-state index in [1.54, 1.807) is 0 Å². The van der Waals surface area contributed by atoms with E-state index >= 15 is 0 Å². The number of hydrogen-bond donors (Lipinski definition) is 5. The summed E-state index contributed by atoms with van der Waals surface area (Å²) in [6.07, 6.45) is -0.755. The molecule has 0 saturated carbocycles. The number of rotatable bonds is 7. The van der Waals surface area contributed by atoms with Crippen molar-refractivity contribution in [3.63, 3.8) is 0 Å². The Morgan fingerprint density at radius 1 is 1.05 bits per heavy atom. The van der Waals surface area contributed by atoms with Gasteiger partial charge in [0.1, 0.15) is 12.1 Å². The summed E-state index contributed by atoms with van der Waals surface area (Å²) in [5.41, 5.74) is 5.28. The summed E-state index contributed by atoms with van der Waals surface area (Å²) in [4.78, 5) is 44.0. The van der Waals surface area contributed by atoms with E-state index in [4.69, 9.17) is 15.9 Å². The number of aliphatic carboxylic acids is 2. The molecule has 108 valence electrons. The van der Waals surface area contributed by atoms with E-state index < -0.39 is 48.3 Å². The van der Waals surface area contributed by atoms with E-state index in [-0.39, 0.29) is 0 Å². The van der Waals surface area contributed by atoms with Crippen molar-refractivity contribution in [2.24, 2.45) is 5.73 Å². The molecule has 3 unspecified atom stereocenters. The Morgan fingerprint density at radius 2 is 1.58 bits per heavy atom. The Bertz CT molecular complexity index is 381. The number of amides is 2. The van der Waals surface area contributed by atoms with E-state index in [9.17, 15) is 19.2 Å². The third-order valence-electron chi connectivity index (χ3n) is 2.16. The average molecular weight is 275 g/mol. The smallest absolute Gasteiger partial charge is 0.326 e. The van der Waals surface area contributed by atoms with Gasteiger partial charge in [0.2, 0.25) is 11.8 Å². The normalized spacial score (nSPS) is 14.9. The summed E-state index contributed by atoms with van der Waals surface area (Å²) in [5, 5.41) is 21.5. The molecule has 9 nitrogen and oxygen atoms in total. The molecule has 2 amide bonds. The standard InChI is InChI=1S/C10H17N3O6/c1-4(11)8(16)12-5(2)9(17)13-6(10(18)19)3-7(14)15/h4-6H,3,11H2,1-2H3,(H,12,16)(H,13,17)(H,14,15)(H,18,19). The van der Waals surface area contributed by atoms with Crippen LogP contribution < -0.4 is 16.4 Å². The number of nitrogens with one attached hydrogen (secondary N) is 2. The van der Waals surface area contributed by atoms with Crippen LogP contribution in [0.4, 0.5) is 0 Å². The van der Waals surface area contributed by atoms with Gasteiger partial charge >= 0.3 is 11.9 Å². The van der Waals surface area contributed by atoms with Crippen molar-refractivity contribution in [1.29, 1.82) is 0 Å². The maximum atomic E-state index is 11.6. The minimum atomic E-state index is -1.56. The molecule has 0 radical (unpaired) electrons. The number of nitrogens with two attached hydrogens (primary N) is 1. The molecule has 0 spiro atoms. The second-order valence-electron chi connectivity index (χ2n) is 4.02. The van der Waals surface area contributed by atoms with Crippen LogP contribution in [-0.4, -0.2) is 52.1 Å². The molecule has 0 rings (SSSR count). The molecular weight excluding hydrogens is 258 g/mol. The quantitative estimate of drug-likeness (QED) is 0.355. The molecule has 0 fully saturated rings. The summed E-state index contributed by atoms with van der Waals surface area (Å²) in [7, 11) is 0. The van der Waals surface area contributed by atoms with Crippen LogP contribution in [0.15, 0.2) is 0 Å². The van der Waals surface area contributed by atoms with Crippen molar-refractivity contribution in [1.82, 2.24) is 10.6 Å². The van der Waals surface area contributed by atoms with Crippen LogP contribution in [0.5, 0.6) is 0 Å². The summed E-state index contributed by atoms with van der Waals surface area (Å²) in [5.74, 6) is -4.21. The fourth-order valence-electron chi connectivity index (χ4n) is 1.08. The monoisotopic (exact) mass is 275 g/mol. The molecule has 0 aromatic heterocycles. The predicted molar refractivity (Wildman–Crippen MR) is 63.1 cm³/mol. The van der Waals surface area contributed by atoms with Crippen LogP contribution in [0.25, 0.3) is 0 Å². The van der Waals surface area contributed by atoms with Gasteiger partial charge in [0.15, 0.2) is 0 Å². The van der Waals surface area contributed by atoms with Crippen molar-refractivity contribution in [3.8, 4) is 0 Å². The molecule has 0 aliphatic carbocycles. The molecule has 0 heterocycles. The van der Waals surface area contributed by atoms with Crippen molar-refractivity contribution in [2.45, 2.75) is 38.4 Å². The number of carboxylic acid groups (broad SMARTS) is 2. The first-order valence-electron chi connectivity index (χ1n) is 5.46. The largest absolute Gasteiger partial charge is 0.481 e.